The van der Waals surface area contributed by atoms with Crippen LogP contribution in [0.2, 0.25) is 0 Å². The topological polar surface area (TPSA) is 99.2 Å². The standard InChI is InChI=1S/C18H18N2O6S.Na/c21-18-19-10-16(20(18)26-27(22,23)24)14-8-4-5-9-15(14)17(19)12-25-11-13-6-2-1-3-7-13;/h1-9,16-17H,10-12H2,(H,22,23,24);/q;+1/p-1/t16-,17-;/m0./s1. The van der Waals surface area contributed by atoms with Crippen LogP contribution < -0.4 is 29.6 Å². The molecule has 8 nitrogen and oxygen atoms in total. The van der Waals surface area contributed by atoms with Crippen molar-refractivity contribution >= 4 is 16.4 Å². The maximum atomic E-state index is 12.6. The summed E-state index contributed by atoms with van der Waals surface area (Å²) >= 11 is 0. The fourth-order valence-electron chi connectivity index (χ4n) is 3.59. The average molecular weight is 412 g/mol. The molecule has 2 aromatic carbocycles. The Bertz CT molecular complexity index is 956. The number of hydroxylamine groups is 2. The van der Waals surface area contributed by atoms with Gasteiger partial charge in [0.1, 0.15) is 6.04 Å². The molecule has 1 fully saturated rings. The molecule has 28 heavy (non-hydrogen) atoms. The van der Waals surface area contributed by atoms with Gasteiger partial charge in [-0.15, -0.1) is 0 Å². The van der Waals surface area contributed by atoms with E-state index in [4.69, 9.17) is 4.74 Å². The van der Waals surface area contributed by atoms with E-state index in [9.17, 15) is 17.8 Å². The van der Waals surface area contributed by atoms with Crippen LogP contribution in [0.4, 0.5) is 4.79 Å². The molecule has 0 aromatic heterocycles. The molecule has 0 unspecified atom stereocenters. The Morgan fingerprint density at radius 3 is 2.36 bits per heavy atom. The van der Waals surface area contributed by atoms with Gasteiger partial charge in [-0.3, -0.25) is 0 Å². The first-order chi connectivity index (χ1) is 12.9. The molecular weight excluding hydrogens is 395 g/mol. The van der Waals surface area contributed by atoms with E-state index in [2.05, 4.69) is 4.28 Å². The van der Waals surface area contributed by atoms with E-state index < -0.39 is 28.5 Å². The van der Waals surface area contributed by atoms with Gasteiger partial charge in [-0.25, -0.2) is 13.2 Å². The summed E-state index contributed by atoms with van der Waals surface area (Å²) in [6.45, 7) is 0.854. The number of nitrogens with zero attached hydrogens (tertiary/aromatic N) is 2. The van der Waals surface area contributed by atoms with Crippen LogP contribution in [0.1, 0.15) is 28.8 Å². The fourth-order valence-corrected chi connectivity index (χ4v) is 3.96. The first-order valence-electron chi connectivity index (χ1n) is 8.40. The van der Waals surface area contributed by atoms with Crippen molar-refractivity contribution in [1.82, 2.24) is 9.96 Å². The molecule has 0 aliphatic carbocycles. The quantitative estimate of drug-likeness (QED) is 0.348. The molecule has 0 radical (unpaired) electrons. The predicted octanol–water partition coefficient (Wildman–Crippen LogP) is -0.867. The summed E-state index contributed by atoms with van der Waals surface area (Å²) < 4.78 is 43.3. The van der Waals surface area contributed by atoms with Gasteiger partial charge in [0.05, 0.1) is 25.8 Å². The van der Waals surface area contributed by atoms with Gasteiger partial charge in [-0.1, -0.05) is 54.6 Å². The third kappa shape index (κ3) is 4.25. The first-order valence-corrected chi connectivity index (χ1v) is 9.73. The molecule has 2 aromatic rings. The zero-order valence-electron chi connectivity index (χ0n) is 15.2. The van der Waals surface area contributed by atoms with Crippen molar-refractivity contribution in [2.45, 2.75) is 18.7 Å². The zero-order chi connectivity index (χ0) is 19.0. The van der Waals surface area contributed by atoms with Crippen molar-refractivity contribution in [3.05, 3.63) is 71.3 Å². The largest absolute Gasteiger partial charge is 1.00 e. The summed E-state index contributed by atoms with van der Waals surface area (Å²) in [6, 6.07) is 15.2. The number of carbonyl (C=O) groups excluding carboxylic acids is 1. The van der Waals surface area contributed by atoms with Crippen molar-refractivity contribution in [2.24, 2.45) is 0 Å². The second kappa shape index (κ2) is 8.50. The number of hydrogen-bond donors (Lipinski definition) is 0. The Hall–Kier alpha value is -1.46. The molecule has 2 amide bonds. The summed E-state index contributed by atoms with van der Waals surface area (Å²) in [7, 11) is -5.05. The Labute approximate surface area is 185 Å². The number of urea groups is 1. The second-order valence-corrected chi connectivity index (χ2v) is 7.37. The van der Waals surface area contributed by atoms with E-state index >= 15 is 0 Å². The molecule has 0 spiro atoms. The van der Waals surface area contributed by atoms with Crippen LogP contribution in [0, 0.1) is 0 Å². The Kier molecular flexibility index (Phi) is 6.45. The number of fused-ring (bicyclic) bond motifs is 4. The molecular formula is C18H17N2NaO6S. The molecule has 1 saturated heterocycles. The minimum absolute atomic E-state index is 0. The molecule has 2 aliphatic rings. The first kappa shape index (κ1) is 21.3. The van der Waals surface area contributed by atoms with E-state index in [1.165, 1.54) is 4.90 Å². The minimum atomic E-state index is -5.05. The van der Waals surface area contributed by atoms with Crippen LogP contribution in [0.15, 0.2) is 54.6 Å². The van der Waals surface area contributed by atoms with Gasteiger partial charge in [-0.05, 0) is 16.7 Å². The SMILES string of the molecule is O=C1N2C[C@@H](c3ccccc3[C@@H]2COCc2ccccc2)N1OS(=O)(=O)[O-].[Na+]. The van der Waals surface area contributed by atoms with Crippen LogP contribution >= 0.6 is 0 Å². The minimum Gasteiger partial charge on any atom is -0.724 e. The van der Waals surface area contributed by atoms with Crippen LogP contribution in [0.25, 0.3) is 0 Å². The second-order valence-electron chi connectivity index (χ2n) is 6.40. The fraction of sp³-hybridized carbons (Fsp3) is 0.278. The van der Waals surface area contributed by atoms with Crippen LogP contribution in [-0.2, 0) is 26.0 Å². The van der Waals surface area contributed by atoms with E-state index in [0.717, 1.165) is 16.7 Å². The van der Waals surface area contributed by atoms with Gasteiger partial charge in [0.25, 0.3) is 0 Å². The average Bonchev–Trinajstić information content (AvgIpc) is 2.91. The third-order valence-corrected chi connectivity index (χ3v) is 5.08. The molecule has 2 atom stereocenters. The van der Waals surface area contributed by atoms with Gasteiger partial charge in [0, 0.05) is 0 Å². The molecule has 142 valence electrons. The van der Waals surface area contributed by atoms with Gasteiger partial charge in [0.2, 0.25) is 10.4 Å². The number of carbonyl (C=O) groups is 1. The Morgan fingerprint density at radius 2 is 1.68 bits per heavy atom. The summed E-state index contributed by atoms with van der Waals surface area (Å²) in [5.41, 5.74) is 2.61. The molecule has 0 N–H and O–H groups in total. The summed E-state index contributed by atoms with van der Waals surface area (Å²) in [6.07, 6.45) is 0. The molecule has 2 bridgehead atoms. The van der Waals surface area contributed by atoms with Crippen LogP contribution in [-0.4, -0.2) is 42.1 Å². The van der Waals surface area contributed by atoms with Crippen molar-refractivity contribution in [2.75, 3.05) is 13.2 Å². The van der Waals surface area contributed by atoms with Crippen molar-refractivity contribution in [1.29, 1.82) is 0 Å². The van der Waals surface area contributed by atoms with Crippen LogP contribution in [0.5, 0.6) is 0 Å². The van der Waals surface area contributed by atoms with Gasteiger partial charge < -0.3 is 14.2 Å². The summed E-state index contributed by atoms with van der Waals surface area (Å²) in [4.78, 5) is 14.1. The zero-order valence-corrected chi connectivity index (χ0v) is 18.0. The van der Waals surface area contributed by atoms with E-state index in [1.807, 2.05) is 42.5 Å². The number of hydrogen-bond acceptors (Lipinski definition) is 6. The maximum Gasteiger partial charge on any atom is 1.00 e. The summed E-state index contributed by atoms with van der Waals surface area (Å²) in [5, 5.41) is 0.651. The van der Waals surface area contributed by atoms with Gasteiger partial charge in [0.15, 0.2) is 0 Å². The number of rotatable bonds is 6. The maximum absolute atomic E-state index is 12.6. The normalized spacial score (nSPS) is 20.7. The van der Waals surface area contributed by atoms with E-state index in [1.54, 1.807) is 12.1 Å². The van der Waals surface area contributed by atoms with Gasteiger partial charge >= 0.3 is 35.6 Å². The molecule has 4 rings (SSSR count). The van der Waals surface area contributed by atoms with Crippen molar-refractivity contribution in [3.63, 3.8) is 0 Å². The van der Waals surface area contributed by atoms with E-state index in [-0.39, 0.29) is 42.7 Å². The van der Waals surface area contributed by atoms with Crippen molar-refractivity contribution in [3.8, 4) is 0 Å². The van der Waals surface area contributed by atoms with E-state index in [0.29, 0.717) is 11.7 Å². The van der Waals surface area contributed by atoms with Crippen molar-refractivity contribution < 1.29 is 56.3 Å². The predicted molar refractivity (Wildman–Crippen MR) is 92.7 cm³/mol. The monoisotopic (exact) mass is 412 g/mol. The molecule has 2 heterocycles. The van der Waals surface area contributed by atoms with Gasteiger partial charge in [-0.2, -0.15) is 9.35 Å². The van der Waals surface area contributed by atoms with Crippen LogP contribution in [0.3, 0.4) is 0 Å². The number of benzene rings is 2. The summed E-state index contributed by atoms with van der Waals surface area (Å²) in [5.74, 6) is 0. The third-order valence-electron chi connectivity index (χ3n) is 4.74. The number of amides is 2. The Balaban J connectivity index is 0.00000225. The molecule has 10 heteroatoms. The number of ether oxygens (including phenoxy) is 1. The Morgan fingerprint density at radius 1 is 1.04 bits per heavy atom. The molecule has 0 saturated carbocycles. The molecule has 2 aliphatic heterocycles. The smallest absolute Gasteiger partial charge is 0.724 e.